The molecule has 0 radical (unpaired) electrons. The van der Waals surface area contributed by atoms with Crippen LogP contribution in [0.4, 0.5) is 5.82 Å². The van der Waals surface area contributed by atoms with Gasteiger partial charge in [0.25, 0.3) is 0 Å². The van der Waals surface area contributed by atoms with E-state index in [2.05, 4.69) is 41.3 Å². The molecule has 0 unspecified atom stereocenters. The minimum absolute atomic E-state index is 0.371. The van der Waals surface area contributed by atoms with Crippen molar-refractivity contribution in [3.8, 4) is 0 Å². The van der Waals surface area contributed by atoms with Gasteiger partial charge in [0, 0.05) is 42.0 Å². The summed E-state index contributed by atoms with van der Waals surface area (Å²) < 4.78 is 5.87. The second kappa shape index (κ2) is 9.48. The number of nitrogens with two attached hydrogens (primary N) is 3. The van der Waals surface area contributed by atoms with Gasteiger partial charge in [-0.2, -0.15) is 0 Å². The van der Waals surface area contributed by atoms with Crippen molar-refractivity contribution in [2.24, 2.45) is 11.5 Å². The zero-order valence-electron chi connectivity index (χ0n) is 18.8. The molecule has 0 saturated heterocycles. The number of nitrogens with one attached hydrogen (secondary N) is 1. The van der Waals surface area contributed by atoms with E-state index in [0.29, 0.717) is 30.5 Å². The summed E-state index contributed by atoms with van der Waals surface area (Å²) in [5.74, 6) is 1.48. The number of fused-ring (bicyclic) bond motifs is 2. The number of nitrogen functional groups attached to an aromatic ring is 1. The average Bonchev–Trinajstić information content (AvgIpc) is 2.82. The fourth-order valence-electron chi connectivity index (χ4n) is 3.92. The molecule has 4 rings (SSSR count). The van der Waals surface area contributed by atoms with Crippen molar-refractivity contribution in [3.63, 3.8) is 0 Å². The summed E-state index contributed by atoms with van der Waals surface area (Å²) >= 11 is 0. The standard InChI is InChI=1S/C26H28N6O/c1-16-10-22-21(7-9-31-26(22)29)17(2)23(16)14-32-25(28)12-20(13-27)33-15-18-5-6-24-19(11-18)4-3-8-30-24/h3-13,32H,14-15,27-28H2,1-2H3,(H2,29,31)/b20-13+,25-12+. The first-order valence-electron chi connectivity index (χ1n) is 10.7. The molecule has 7 N–H and O–H groups in total. The lowest BCUT2D eigenvalue weighted by Gasteiger charge is -2.16. The predicted molar refractivity (Wildman–Crippen MR) is 134 cm³/mol. The number of ether oxygens (including phenoxy) is 1. The number of anilines is 1. The minimum atomic E-state index is 0.371. The van der Waals surface area contributed by atoms with E-state index >= 15 is 0 Å². The molecule has 33 heavy (non-hydrogen) atoms. The zero-order valence-corrected chi connectivity index (χ0v) is 18.8. The third kappa shape index (κ3) is 4.82. The van der Waals surface area contributed by atoms with Crippen LogP contribution in [0.2, 0.25) is 0 Å². The van der Waals surface area contributed by atoms with Crippen molar-refractivity contribution in [2.75, 3.05) is 5.73 Å². The molecule has 0 aliphatic heterocycles. The van der Waals surface area contributed by atoms with Crippen molar-refractivity contribution in [3.05, 3.63) is 101 Å². The van der Waals surface area contributed by atoms with E-state index in [1.165, 1.54) is 6.20 Å². The Kier molecular flexibility index (Phi) is 6.31. The van der Waals surface area contributed by atoms with E-state index < -0.39 is 0 Å². The normalized spacial score (nSPS) is 12.3. The minimum Gasteiger partial charge on any atom is -0.487 e. The van der Waals surface area contributed by atoms with Crippen LogP contribution in [0.1, 0.15) is 22.3 Å². The number of rotatable bonds is 7. The summed E-state index contributed by atoms with van der Waals surface area (Å²) in [5, 5.41) is 6.37. The van der Waals surface area contributed by atoms with Gasteiger partial charge in [-0.25, -0.2) is 4.98 Å². The molecule has 0 aliphatic rings. The molecule has 2 heterocycles. The molecule has 0 spiro atoms. The smallest absolute Gasteiger partial charge is 0.138 e. The molecule has 4 aromatic rings. The number of aryl methyl sites for hydroxylation is 2. The van der Waals surface area contributed by atoms with Gasteiger partial charge < -0.3 is 27.3 Å². The molecule has 0 aliphatic carbocycles. The lowest BCUT2D eigenvalue weighted by atomic mass is 9.96. The Balaban J connectivity index is 1.43. The summed E-state index contributed by atoms with van der Waals surface area (Å²) in [5.41, 5.74) is 23.4. The number of hydrogen-bond acceptors (Lipinski definition) is 7. The molecule has 0 amide bonds. The topological polar surface area (TPSA) is 125 Å². The maximum atomic E-state index is 6.21. The first-order chi connectivity index (χ1) is 16.0. The first-order valence-corrected chi connectivity index (χ1v) is 10.7. The highest BCUT2D eigenvalue weighted by Crippen LogP contribution is 2.28. The van der Waals surface area contributed by atoms with Gasteiger partial charge in [0.05, 0.1) is 5.52 Å². The van der Waals surface area contributed by atoms with Gasteiger partial charge in [-0.1, -0.05) is 12.1 Å². The van der Waals surface area contributed by atoms with E-state index in [1.807, 2.05) is 30.3 Å². The third-order valence-electron chi connectivity index (χ3n) is 5.72. The van der Waals surface area contributed by atoms with E-state index in [9.17, 15) is 0 Å². The molecule has 7 nitrogen and oxygen atoms in total. The highest BCUT2D eigenvalue weighted by Gasteiger charge is 2.10. The van der Waals surface area contributed by atoms with Crippen LogP contribution >= 0.6 is 0 Å². The first kappa shape index (κ1) is 22.0. The Labute approximate surface area is 193 Å². The van der Waals surface area contributed by atoms with Crippen LogP contribution in [-0.2, 0) is 17.9 Å². The van der Waals surface area contributed by atoms with Gasteiger partial charge in [-0.15, -0.1) is 0 Å². The molecule has 168 valence electrons. The van der Waals surface area contributed by atoms with Crippen LogP contribution in [0.15, 0.2) is 78.7 Å². The monoisotopic (exact) mass is 440 g/mol. The molecule has 2 aromatic heterocycles. The molecule has 7 heteroatoms. The van der Waals surface area contributed by atoms with Gasteiger partial charge >= 0.3 is 0 Å². The molecular formula is C26H28N6O. The van der Waals surface area contributed by atoms with Gasteiger partial charge in [0.15, 0.2) is 0 Å². The van der Waals surface area contributed by atoms with Gasteiger partial charge in [-0.3, -0.25) is 4.98 Å². The fraction of sp³-hybridized carbons (Fsp3) is 0.154. The quantitative estimate of drug-likeness (QED) is 0.254. The Bertz CT molecular complexity index is 1380. The number of hydrogen-bond donors (Lipinski definition) is 4. The number of benzene rings is 2. The third-order valence-corrected chi connectivity index (χ3v) is 5.72. The summed E-state index contributed by atoms with van der Waals surface area (Å²) in [6, 6.07) is 14.0. The Morgan fingerprint density at radius 3 is 2.73 bits per heavy atom. The molecule has 2 aromatic carbocycles. The highest BCUT2D eigenvalue weighted by atomic mass is 16.5. The maximum Gasteiger partial charge on any atom is 0.138 e. The number of aromatic nitrogens is 2. The van der Waals surface area contributed by atoms with Crippen LogP contribution in [-0.4, -0.2) is 9.97 Å². The van der Waals surface area contributed by atoms with Crippen LogP contribution in [0.5, 0.6) is 0 Å². The van der Waals surface area contributed by atoms with Gasteiger partial charge in [0.1, 0.15) is 24.0 Å². The number of nitrogens with zero attached hydrogens (tertiary/aromatic N) is 2. The van der Waals surface area contributed by atoms with Gasteiger partial charge in [-0.05, 0) is 71.8 Å². The largest absolute Gasteiger partial charge is 0.487 e. The van der Waals surface area contributed by atoms with E-state index in [-0.39, 0.29) is 0 Å². The average molecular weight is 441 g/mol. The lowest BCUT2D eigenvalue weighted by molar-refractivity contribution is 0.210. The van der Waals surface area contributed by atoms with Crippen LogP contribution in [0, 0.1) is 13.8 Å². The van der Waals surface area contributed by atoms with E-state index in [4.69, 9.17) is 21.9 Å². The summed E-state index contributed by atoms with van der Waals surface area (Å²) in [6.07, 6.45) is 6.60. The molecule has 0 fully saturated rings. The summed E-state index contributed by atoms with van der Waals surface area (Å²) in [6.45, 7) is 5.08. The van der Waals surface area contributed by atoms with Crippen LogP contribution in [0.25, 0.3) is 21.7 Å². The van der Waals surface area contributed by atoms with Crippen molar-refractivity contribution in [2.45, 2.75) is 27.0 Å². The second-order valence-corrected chi connectivity index (χ2v) is 7.93. The Morgan fingerprint density at radius 1 is 1.06 bits per heavy atom. The van der Waals surface area contributed by atoms with Gasteiger partial charge in [0.2, 0.25) is 0 Å². The predicted octanol–water partition coefficient (Wildman–Crippen LogP) is 3.89. The van der Waals surface area contributed by atoms with Crippen molar-refractivity contribution in [1.29, 1.82) is 0 Å². The SMILES string of the molecule is Cc1cc2c(N)nccc2c(C)c1CN/C(N)=C/C(=C\N)OCc1ccc2ncccc2c1. The summed E-state index contributed by atoms with van der Waals surface area (Å²) in [7, 11) is 0. The van der Waals surface area contributed by atoms with Crippen LogP contribution < -0.4 is 22.5 Å². The Hall–Kier alpha value is -4.26. The van der Waals surface area contributed by atoms with Crippen molar-refractivity contribution < 1.29 is 4.74 Å². The molecule has 0 atom stereocenters. The van der Waals surface area contributed by atoms with E-state index in [1.54, 1.807) is 18.5 Å². The number of pyridine rings is 2. The Morgan fingerprint density at radius 2 is 1.91 bits per heavy atom. The second-order valence-electron chi connectivity index (χ2n) is 7.93. The van der Waals surface area contributed by atoms with E-state index in [0.717, 1.165) is 43.9 Å². The molecule has 0 saturated carbocycles. The van der Waals surface area contributed by atoms with Crippen molar-refractivity contribution >= 4 is 27.5 Å². The van der Waals surface area contributed by atoms with Crippen LogP contribution in [0.3, 0.4) is 0 Å². The molecular weight excluding hydrogens is 412 g/mol. The maximum absolute atomic E-state index is 6.21. The zero-order chi connectivity index (χ0) is 23.4. The molecule has 0 bridgehead atoms. The number of allylic oxidation sites excluding steroid dienone is 1. The summed E-state index contributed by atoms with van der Waals surface area (Å²) in [4.78, 5) is 8.52. The highest BCUT2D eigenvalue weighted by molar-refractivity contribution is 5.94. The fourth-order valence-corrected chi connectivity index (χ4v) is 3.92. The lowest BCUT2D eigenvalue weighted by Crippen LogP contribution is -2.21. The van der Waals surface area contributed by atoms with Crippen molar-refractivity contribution in [1.82, 2.24) is 15.3 Å².